The van der Waals surface area contributed by atoms with Gasteiger partial charge in [0.15, 0.2) is 11.5 Å². The van der Waals surface area contributed by atoms with Crippen LogP contribution in [0.3, 0.4) is 0 Å². The Balaban J connectivity index is 2.65. The van der Waals surface area contributed by atoms with Gasteiger partial charge in [-0.3, -0.25) is 0 Å². The third kappa shape index (κ3) is 3.44. The molecule has 1 rings (SSSR count). The summed E-state index contributed by atoms with van der Waals surface area (Å²) in [7, 11) is 0. The number of phenolic OH excluding ortho intramolecular Hbond substituents is 2. The second kappa shape index (κ2) is 5.03. The van der Waals surface area contributed by atoms with Crippen LogP contribution < -0.4 is 5.73 Å². The summed E-state index contributed by atoms with van der Waals surface area (Å²) >= 11 is 0. The van der Waals surface area contributed by atoms with E-state index in [2.05, 4.69) is 13.8 Å². The molecule has 0 fully saturated rings. The molecule has 0 aromatic heterocycles. The lowest BCUT2D eigenvalue weighted by Crippen LogP contribution is -2.11. The molecule has 0 saturated heterocycles. The van der Waals surface area contributed by atoms with Gasteiger partial charge in [0.25, 0.3) is 0 Å². The van der Waals surface area contributed by atoms with Crippen LogP contribution in [0.5, 0.6) is 11.5 Å². The number of hydrogen-bond acceptors (Lipinski definition) is 3. The average molecular weight is 209 g/mol. The zero-order valence-electron chi connectivity index (χ0n) is 9.27. The molecule has 1 aromatic carbocycles. The Labute approximate surface area is 90.5 Å². The Hall–Kier alpha value is -1.22. The summed E-state index contributed by atoms with van der Waals surface area (Å²) in [6.45, 7) is 4.31. The fourth-order valence-electron chi connectivity index (χ4n) is 1.45. The Morgan fingerprint density at radius 2 is 1.80 bits per heavy atom. The summed E-state index contributed by atoms with van der Waals surface area (Å²) in [4.78, 5) is 0. The lowest BCUT2D eigenvalue weighted by Gasteiger charge is -2.14. The molecule has 0 amide bonds. The number of phenols is 2. The van der Waals surface area contributed by atoms with Crippen LogP contribution in [0.25, 0.3) is 0 Å². The minimum atomic E-state index is -0.104. The topological polar surface area (TPSA) is 66.5 Å². The maximum absolute atomic E-state index is 9.32. The van der Waals surface area contributed by atoms with Crippen molar-refractivity contribution < 1.29 is 10.2 Å². The van der Waals surface area contributed by atoms with E-state index in [4.69, 9.17) is 10.8 Å². The lowest BCUT2D eigenvalue weighted by molar-refractivity contribution is 0.402. The smallest absolute Gasteiger partial charge is 0.157 e. The molecule has 0 spiro atoms. The molecule has 0 aliphatic rings. The van der Waals surface area contributed by atoms with E-state index in [0.29, 0.717) is 5.92 Å². The third-order valence-corrected chi connectivity index (χ3v) is 2.48. The van der Waals surface area contributed by atoms with Crippen molar-refractivity contribution in [1.82, 2.24) is 0 Å². The highest BCUT2D eigenvalue weighted by atomic mass is 16.3. The van der Waals surface area contributed by atoms with Crippen LogP contribution in [0.15, 0.2) is 18.2 Å². The van der Waals surface area contributed by atoms with E-state index in [1.165, 1.54) is 12.1 Å². The second-order valence-corrected chi connectivity index (χ2v) is 4.33. The zero-order chi connectivity index (χ0) is 11.4. The number of hydrogen-bond donors (Lipinski definition) is 3. The first-order chi connectivity index (χ1) is 7.00. The normalized spacial score (nSPS) is 13.1. The van der Waals surface area contributed by atoms with Gasteiger partial charge in [-0.05, 0) is 36.5 Å². The first kappa shape index (κ1) is 11.9. The monoisotopic (exact) mass is 209 g/mol. The molecule has 3 heteroatoms. The summed E-state index contributed by atoms with van der Waals surface area (Å²) in [5.74, 6) is 0.420. The first-order valence-electron chi connectivity index (χ1n) is 5.28. The zero-order valence-corrected chi connectivity index (χ0v) is 9.27. The molecule has 0 unspecified atom stereocenters. The van der Waals surface area contributed by atoms with Crippen molar-refractivity contribution in [3.8, 4) is 11.5 Å². The molecule has 1 atom stereocenters. The van der Waals surface area contributed by atoms with Crippen LogP contribution in [0.4, 0.5) is 0 Å². The van der Waals surface area contributed by atoms with E-state index in [1.807, 2.05) is 0 Å². The van der Waals surface area contributed by atoms with Crippen LogP contribution in [0.2, 0.25) is 0 Å². The molecular formula is C12H19NO2. The fraction of sp³-hybridized carbons (Fsp3) is 0.500. The summed E-state index contributed by atoms with van der Waals surface area (Å²) in [6, 6.07) is 4.68. The van der Waals surface area contributed by atoms with E-state index >= 15 is 0 Å². The highest BCUT2D eigenvalue weighted by molar-refractivity contribution is 5.41. The SMILES string of the molecule is CC(C)CC[C@H](N)c1ccc(O)c(O)c1. The fourth-order valence-corrected chi connectivity index (χ4v) is 1.45. The number of benzene rings is 1. The van der Waals surface area contributed by atoms with Crippen molar-refractivity contribution in [2.24, 2.45) is 11.7 Å². The van der Waals surface area contributed by atoms with Crippen molar-refractivity contribution in [3.05, 3.63) is 23.8 Å². The van der Waals surface area contributed by atoms with Crippen LogP contribution >= 0.6 is 0 Å². The average Bonchev–Trinajstić information content (AvgIpc) is 2.18. The van der Waals surface area contributed by atoms with Gasteiger partial charge in [0.05, 0.1) is 0 Å². The highest BCUT2D eigenvalue weighted by Gasteiger charge is 2.09. The van der Waals surface area contributed by atoms with Crippen LogP contribution in [0, 0.1) is 5.92 Å². The molecule has 15 heavy (non-hydrogen) atoms. The van der Waals surface area contributed by atoms with Crippen molar-refractivity contribution >= 4 is 0 Å². The molecule has 0 aliphatic heterocycles. The third-order valence-electron chi connectivity index (χ3n) is 2.48. The van der Waals surface area contributed by atoms with Gasteiger partial charge in [-0.2, -0.15) is 0 Å². The minimum Gasteiger partial charge on any atom is -0.504 e. The van der Waals surface area contributed by atoms with E-state index < -0.39 is 0 Å². The molecule has 1 aromatic rings. The first-order valence-corrected chi connectivity index (χ1v) is 5.28. The highest BCUT2D eigenvalue weighted by Crippen LogP contribution is 2.28. The Morgan fingerprint density at radius 3 is 2.33 bits per heavy atom. The van der Waals surface area contributed by atoms with Gasteiger partial charge in [0, 0.05) is 6.04 Å². The molecule has 0 saturated carbocycles. The van der Waals surface area contributed by atoms with Gasteiger partial charge in [-0.25, -0.2) is 0 Å². The van der Waals surface area contributed by atoms with Crippen molar-refractivity contribution in [2.45, 2.75) is 32.7 Å². The van der Waals surface area contributed by atoms with Gasteiger partial charge >= 0.3 is 0 Å². The van der Waals surface area contributed by atoms with Gasteiger partial charge in [0.2, 0.25) is 0 Å². The predicted molar refractivity (Wildman–Crippen MR) is 60.8 cm³/mol. The summed E-state index contributed by atoms with van der Waals surface area (Å²) in [5, 5.41) is 18.5. The largest absolute Gasteiger partial charge is 0.504 e. The van der Waals surface area contributed by atoms with E-state index in [1.54, 1.807) is 6.07 Å². The molecule has 0 heterocycles. The molecule has 3 nitrogen and oxygen atoms in total. The summed E-state index contributed by atoms with van der Waals surface area (Å²) in [5.41, 5.74) is 6.84. The Kier molecular flexibility index (Phi) is 3.97. The van der Waals surface area contributed by atoms with Crippen molar-refractivity contribution in [2.75, 3.05) is 0 Å². The minimum absolute atomic E-state index is 0.0705. The maximum Gasteiger partial charge on any atom is 0.157 e. The van der Waals surface area contributed by atoms with Crippen molar-refractivity contribution in [3.63, 3.8) is 0 Å². The Morgan fingerprint density at radius 1 is 1.13 bits per heavy atom. The van der Waals surface area contributed by atoms with Gasteiger partial charge < -0.3 is 15.9 Å². The van der Waals surface area contributed by atoms with Gasteiger partial charge in [0.1, 0.15) is 0 Å². The molecule has 4 N–H and O–H groups in total. The van der Waals surface area contributed by atoms with Crippen molar-refractivity contribution in [1.29, 1.82) is 0 Å². The van der Waals surface area contributed by atoms with Crippen LogP contribution in [0.1, 0.15) is 38.3 Å². The lowest BCUT2D eigenvalue weighted by atomic mass is 9.98. The van der Waals surface area contributed by atoms with Gasteiger partial charge in [-0.1, -0.05) is 19.9 Å². The standard InChI is InChI=1S/C12H19NO2/c1-8(2)3-5-10(13)9-4-6-11(14)12(15)7-9/h4,6-8,10,14-15H,3,5,13H2,1-2H3/t10-/m0/s1. The molecule has 0 bridgehead atoms. The summed E-state index contributed by atoms with van der Waals surface area (Å²) < 4.78 is 0. The molecule has 0 radical (unpaired) electrons. The molecule has 84 valence electrons. The van der Waals surface area contributed by atoms with E-state index in [-0.39, 0.29) is 17.5 Å². The van der Waals surface area contributed by atoms with Crippen LogP contribution in [-0.2, 0) is 0 Å². The molecule has 0 aliphatic carbocycles. The maximum atomic E-state index is 9.32. The number of nitrogens with two attached hydrogens (primary N) is 1. The summed E-state index contributed by atoms with van der Waals surface area (Å²) in [6.07, 6.45) is 1.95. The quantitative estimate of drug-likeness (QED) is 0.667. The van der Waals surface area contributed by atoms with E-state index in [0.717, 1.165) is 18.4 Å². The number of rotatable bonds is 4. The number of aromatic hydroxyl groups is 2. The van der Waals surface area contributed by atoms with Gasteiger partial charge in [-0.15, -0.1) is 0 Å². The second-order valence-electron chi connectivity index (χ2n) is 4.33. The Bertz CT molecular complexity index is 323. The van der Waals surface area contributed by atoms with Crippen LogP contribution in [-0.4, -0.2) is 10.2 Å². The van der Waals surface area contributed by atoms with E-state index in [9.17, 15) is 5.11 Å². The predicted octanol–water partition coefficient (Wildman–Crippen LogP) is 2.53. The molecular weight excluding hydrogens is 190 g/mol.